The third-order valence-electron chi connectivity index (χ3n) is 3.46. The van der Waals surface area contributed by atoms with E-state index in [-0.39, 0.29) is 28.7 Å². The van der Waals surface area contributed by atoms with E-state index in [1.807, 2.05) is 0 Å². The van der Waals surface area contributed by atoms with Crippen molar-refractivity contribution >= 4 is 11.6 Å². The van der Waals surface area contributed by atoms with E-state index in [0.717, 1.165) is 11.1 Å². The number of rotatable bonds is 1. The van der Waals surface area contributed by atoms with E-state index in [0.29, 0.717) is 12.2 Å². The minimum Gasteiger partial charge on any atom is -0.506 e. The molecule has 0 fully saturated rings. The van der Waals surface area contributed by atoms with Crippen LogP contribution >= 0.6 is 11.6 Å². The van der Waals surface area contributed by atoms with Gasteiger partial charge in [0.05, 0.1) is 5.02 Å². The minimum atomic E-state index is -0.361. The average Bonchev–Trinajstić information content (AvgIpc) is 2.41. The predicted molar refractivity (Wildman–Crippen MR) is 74.4 cm³/mol. The third-order valence-corrected chi connectivity index (χ3v) is 3.76. The van der Waals surface area contributed by atoms with E-state index in [4.69, 9.17) is 22.1 Å². The van der Waals surface area contributed by atoms with Crippen molar-refractivity contribution in [3.05, 3.63) is 58.4 Å². The fourth-order valence-electron chi connectivity index (χ4n) is 2.40. The molecule has 20 heavy (non-hydrogen) atoms. The van der Waals surface area contributed by atoms with Gasteiger partial charge in [-0.3, -0.25) is 0 Å². The van der Waals surface area contributed by atoms with Gasteiger partial charge in [0.2, 0.25) is 0 Å². The van der Waals surface area contributed by atoms with Crippen LogP contribution in [0.25, 0.3) is 0 Å². The van der Waals surface area contributed by atoms with Crippen molar-refractivity contribution in [3.8, 4) is 11.5 Å². The molecule has 3 nitrogen and oxygen atoms in total. The molecule has 0 saturated heterocycles. The first-order valence-electron chi connectivity index (χ1n) is 6.24. The molecular formula is C15H13ClFNO2. The van der Waals surface area contributed by atoms with Crippen molar-refractivity contribution in [1.29, 1.82) is 0 Å². The van der Waals surface area contributed by atoms with Gasteiger partial charge in [-0.05, 0) is 23.8 Å². The molecule has 1 aliphatic heterocycles. The van der Waals surface area contributed by atoms with Gasteiger partial charge in [-0.15, -0.1) is 0 Å². The molecule has 3 N–H and O–H groups in total. The Morgan fingerprint density at radius 3 is 2.80 bits per heavy atom. The van der Waals surface area contributed by atoms with E-state index < -0.39 is 0 Å². The largest absolute Gasteiger partial charge is 0.506 e. The van der Waals surface area contributed by atoms with Gasteiger partial charge in [-0.2, -0.15) is 0 Å². The molecule has 0 radical (unpaired) electrons. The van der Waals surface area contributed by atoms with Crippen molar-refractivity contribution in [2.75, 3.05) is 0 Å². The number of ether oxygens (including phenoxy) is 1. The lowest BCUT2D eigenvalue weighted by atomic mass is 9.93. The van der Waals surface area contributed by atoms with Gasteiger partial charge in [0.15, 0.2) is 0 Å². The Labute approximate surface area is 120 Å². The fraction of sp³-hybridized carbons (Fsp3) is 0.200. The molecule has 2 aromatic carbocycles. The molecule has 0 spiro atoms. The number of aromatic hydroxyl groups is 1. The van der Waals surface area contributed by atoms with Crippen molar-refractivity contribution in [3.63, 3.8) is 0 Å². The lowest BCUT2D eigenvalue weighted by Crippen LogP contribution is -2.24. The molecule has 3 rings (SSSR count). The monoisotopic (exact) mass is 293 g/mol. The Balaban J connectivity index is 1.96. The maximum absolute atomic E-state index is 13.3. The van der Waals surface area contributed by atoms with Crippen molar-refractivity contribution in [2.24, 2.45) is 5.73 Å². The Morgan fingerprint density at radius 2 is 2.05 bits per heavy atom. The zero-order valence-electron chi connectivity index (χ0n) is 10.5. The average molecular weight is 294 g/mol. The van der Waals surface area contributed by atoms with Gasteiger partial charge in [-0.1, -0.05) is 23.7 Å². The molecular weight excluding hydrogens is 281 g/mol. The van der Waals surface area contributed by atoms with Crippen molar-refractivity contribution in [1.82, 2.24) is 0 Å². The van der Waals surface area contributed by atoms with Crippen LogP contribution < -0.4 is 10.5 Å². The summed E-state index contributed by atoms with van der Waals surface area (Å²) in [6, 6.07) is 9.00. The maximum atomic E-state index is 13.3. The number of phenols is 1. The normalized spacial score (nSPS) is 21.1. The van der Waals surface area contributed by atoms with Gasteiger partial charge >= 0.3 is 0 Å². The number of phenolic OH excluding ortho intramolecular Hbond substituents is 1. The SMILES string of the molecule is N[C@H]1CC(c2ccc(O)c(Cl)c2)Oc2cc(F)ccc21. The first-order chi connectivity index (χ1) is 9.54. The molecule has 1 aliphatic rings. The Hall–Kier alpha value is -1.78. The molecule has 2 atom stereocenters. The highest BCUT2D eigenvalue weighted by Gasteiger charge is 2.27. The zero-order valence-corrected chi connectivity index (χ0v) is 11.3. The van der Waals surface area contributed by atoms with Gasteiger partial charge in [0, 0.05) is 24.1 Å². The zero-order chi connectivity index (χ0) is 14.3. The molecule has 0 saturated carbocycles. The molecule has 1 heterocycles. The molecule has 0 bridgehead atoms. The van der Waals surface area contributed by atoms with E-state index in [1.54, 1.807) is 18.2 Å². The molecule has 0 aliphatic carbocycles. The highest BCUT2D eigenvalue weighted by Crippen LogP contribution is 2.41. The summed E-state index contributed by atoms with van der Waals surface area (Å²) in [5.41, 5.74) is 7.71. The highest BCUT2D eigenvalue weighted by atomic mass is 35.5. The summed E-state index contributed by atoms with van der Waals surface area (Å²) in [7, 11) is 0. The maximum Gasteiger partial charge on any atom is 0.134 e. The van der Waals surface area contributed by atoms with Crippen LogP contribution in [0.5, 0.6) is 11.5 Å². The third kappa shape index (κ3) is 2.32. The summed E-state index contributed by atoms with van der Waals surface area (Å²) in [6.07, 6.45) is 0.261. The van der Waals surface area contributed by atoms with E-state index in [9.17, 15) is 9.50 Å². The van der Waals surface area contributed by atoms with Crippen LogP contribution in [-0.4, -0.2) is 5.11 Å². The van der Waals surface area contributed by atoms with Crippen LogP contribution in [0, 0.1) is 5.82 Å². The Bertz CT molecular complexity index is 662. The number of nitrogens with two attached hydrogens (primary N) is 1. The Morgan fingerprint density at radius 1 is 1.25 bits per heavy atom. The van der Waals surface area contributed by atoms with Crippen LogP contribution in [0.15, 0.2) is 36.4 Å². The van der Waals surface area contributed by atoms with Crippen LogP contribution in [0.4, 0.5) is 4.39 Å². The van der Waals surface area contributed by atoms with Gasteiger partial charge < -0.3 is 15.6 Å². The lowest BCUT2D eigenvalue weighted by Gasteiger charge is -2.30. The van der Waals surface area contributed by atoms with Crippen LogP contribution in [0.2, 0.25) is 5.02 Å². The van der Waals surface area contributed by atoms with Crippen LogP contribution in [-0.2, 0) is 0 Å². The van der Waals surface area contributed by atoms with Gasteiger partial charge in [-0.25, -0.2) is 4.39 Å². The standard InChI is InChI=1S/C15H13ClFNO2/c16-11-5-8(1-4-13(11)19)14-7-12(18)10-3-2-9(17)6-15(10)20-14/h1-6,12,14,19H,7,18H2/t12-,14?/m0/s1. The first kappa shape index (κ1) is 13.2. The number of hydrogen-bond donors (Lipinski definition) is 2. The summed E-state index contributed by atoms with van der Waals surface area (Å²) < 4.78 is 19.1. The van der Waals surface area contributed by atoms with E-state index in [1.165, 1.54) is 18.2 Å². The minimum absolute atomic E-state index is 0.0157. The second-order valence-electron chi connectivity index (χ2n) is 4.84. The number of fused-ring (bicyclic) bond motifs is 1. The quantitative estimate of drug-likeness (QED) is 0.843. The fourth-order valence-corrected chi connectivity index (χ4v) is 2.59. The number of halogens is 2. The number of benzene rings is 2. The van der Waals surface area contributed by atoms with Crippen molar-refractivity contribution in [2.45, 2.75) is 18.6 Å². The van der Waals surface area contributed by atoms with E-state index in [2.05, 4.69) is 0 Å². The molecule has 104 valence electrons. The second-order valence-corrected chi connectivity index (χ2v) is 5.25. The van der Waals surface area contributed by atoms with Crippen LogP contribution in [0.1, 0.15) is 29.7 Å². The number of hydrogen-bond acceptors (Lipinski definition) is 3. The Kier molecular flexibility index (Phi) is 3.28. The summed E-state index contributed by atoms with van der Waals surface area (Å²) >= 11 is 5.90. The molecule has 5 heteroatoms. The van der Waals surface area contributed by atoms with Gasteiger partial charge in [0.25, 0.3) is 0 Å². The molecule has 1 unspecified atom stereocenters. The molecule has 2 aromatic rings. The smallest absolute Gasteiger partial charge is 0.134 e. The predicted octanol–water partition coefficient (Wildman–Crippen LogP) is 3.71. The summed E-state index contributed by atoms with van der Waals surface area (Å²) in [5, 5.41) is 9.70. The summed E-state index contributed by atoms with van der Waals surface area (Å²) in [5.74, 6) is 0.111. The molecule has 0 amide bonds. The highest BCUT2D eigenvalue weighted by molar-refractivity contribution is 6.32. The van der Waals surface area contributed by atoms with Crippen molar-refractivity contribution < 1.29 is 14.2 Å². The summed E-state index contributed by atoms with van der Waals surface area (Å²) in [4.78, 5) is 0. The lowest BCUT2D eigenvalue weighted by molar-refractivity contribution is 0.160. The first-order valence-corrected chi connectivity index (χ1v) is 6.62. The molecule has 0 aromatic heterocycles. The van der Waals surface area contributed by atoms with Gasteiger partial charge in [0.1, 0.15) is 23.4 Å². The second kappa shape index (κ2) is 4.96. The summed E-state index contributed by atoms with van der Waals surface area (Å²) in [6.45, 7) is 0. The van der Waals surface area contributed by atoms with Crippen LogP contribution in [0.3, 0.4) is 0 Å². The topological polar surface area (TPSA) is 55.5 Å². The van der Waals surface area contributed by atoms with E-state index >= 15 is 0 Å².